The van der Waals surface area contributed by atoms with Crippen molar-refractivity contribution in [2.75, 3.05) is 29.6 Å². The predicted octanol–water partition coefficient (Wildman–Crippen LogP) is 4.84. The Morgan fingerprint density at radius 3 is 2.00 bits per heavy atom. The maximum absolute atomic E-state index is 12.4. The molecule has 1 heterocycles. The summed E-state index contributed by atoms with van der Waals surface area (Å²) in [6.45, 7) is 6.47. The van der Waals surface area contributed by atoms with Crippen molar-refractivity contribution in [2.45, 2.75) is 26.2 Å². The SMILES string of the molecule is CN(C)c1ccc(Nc2cnc(C(=O)Nc3ccc(C(C)(C)C)cc3)cn2)cc1. The highest BCUT2D eigenvalue weighted by Gasteiger charge is 2.14. The highest BCUT2D eigenvalue weighted by molar-refractivity contribution is 6.02. The summed E-state index contributed by atoms with van der Waals surface area (Å²) in [4.78, 5) is 23.0. The molecule has 0 saturated carbocycles. The summed E-state index contributed by atoms with van der Waals surface area (Å²) in [7, 11) is 3.99. The number of carbonyl (C=O) groups is 1. The summed E-state index contributed by atoms with van der Waals surface area (Å²) < 4.78 is 0. The molecule has 0 radical (unpaired) electrons. The summed E-state index contributed by atoms with van der Waals surface area (Å²) in [5, 5.41) is 6.04. The molecule has 2 aromatic carbocycles. The Hall–Kier alpha value is -3.41. The van der Waals surface area contributed by atoms with Gasteiger partial charge in [-0.25, -0.2) is 9.97 Å². The number of nitrogens with zero attached hydrogens (tertiary/aromatic N) is 3. The van der Waals surface area contributed by atoms with E-state index in [0.29, 0.717) is 5.82 Å². The van der Waals surface area contributed by atoms with Crippen LogP contribution < -0.4 is 15.5 Å². The van der Waals surface area contributed by atoms with E-state index in [1.807, 2.05) is 67.5 Å². The molecule has 0 bridgehead atoms. The second-order valence-corrected chi connectivity index (χ2v) is 8.13. The van der Waals surface area contributed by atoms with Crippen LogP contribution in [0.1, 0.15) is 36.8 Å². The molecule has 0 aliphatic carbocycles. The normalized spacial score (nSPS) is 11.1. The van der Waals surface area contributed by atoms with Crippen molar-refractivity contribution in [3.05, 3.63) is 72.2 Å². The highest BCUT2D eigenvalue weighted by Crippen LogP contribution is 2.23. The maximum atomic E-state index is 12.4. The molecule has 29 heavy (non-hydrogen) atoms. The first kappa shape index (κ1) is 20.3. The van der Waals surface area contributed by atoms with Gasteiger partial charge in [-0.3, -0.25) is 4.79 Å². The molecule has 1 aromatic heterocycles. The number of hydrogen-bond donors (Lipinski definition) is 2. The Bertz CT molecular complexity index is 956. The lowest BCUT2D eigenvalue weighted by molar-refractivity contribution is 0.102. The van der Waals surface area contributed by atoms with Crippen LogP contribution in [0, 0.1) is 0 Å². The molecule has 3 rings (SSSR count). The van der Waals surface area contributed by atoms with Crippen LogP contribution in [-0.4, -0.2) is 30.0 Å². The first-order chi connectivity index (χ1) is 13.7. The van der Waals surface area contributed by atoms with Crippen molar-refractivity contribution in [1.29, 1.82) is 0 Å². The van der Waals surface area contributed by atoms with E-state index in [1.165, 1.54) is 11.8 Å². The lowest BCUT2D eigenvalue weighted by Crippen LogP contribution is -2.15. The number of carbonyl (C=O) groups excluding carboxylic acids is 1. The van der Waals surface area contributed by atoms with Crippen molar-refractivity contribution in [1.82, 2.24) is 9.97 Å². The fourth-order valence-corrected chi connectivity index (χ4v) is 2.75. The number of benzene rings is 2. The van der Waals surface area contributed by atoms with Crippen LogP contribution >= 0.6 is 0 Å². The highest BCUT2D eigenvalue weighted by atomic mass is 16.1. The lowest BCUT2D eigenvalue weighted by Gasteiger charge is -2.19. The Labute approximate surface area is 172 Å². The third-order valence-electron chi connectivity index (χ3n) is 4.55. The van der Waals surface area contributed by atoms with Crippen LogP contribution in [0.2, 0.25) is 0 Å². The molecule has 0 unspecified atom stereocenters. The molecule has 0 spiro atoms. The van der Waals surface area contributed by atoms with E-state index in [-0.39, 0.29) is 17.0 Å². The Morgan fingerprint density at radius 2 is 1.48 bits per heavy atom. The minimum absolute atomic E-state index is 0.0730. The molecule has 3 aromatic rings. The maximum Gasteiger partial charge on any atom is 0.275 e. The van der Waals surface area contributed by atoms with Crippen LogP contribution in [0.3, 0.4) is 0 Å². The van der Waals surface area contributed by atoms with E-state index in [9.17, 15) is 4.79 Å². The van der Waals surface area contributed by atoms with Gasteiger partial charge in [0.25, 0.3) is 5.91 Å². The lowest BCUT2D eigenvalue weighted by atomic mass is 9.87. The minimum atomic E-state index is -0.289. The molecule has 6 heteroatoms. The average Bonchev–Trinajstić information content (AvgIpc) is 2.68. The quantitative estimate of drug-likeness (QED) is 0.654. The molecule has 1 amide bonds. The molecule has 2 N–H and O–H groups in total. The van der Waals surface area contributed by atoms with Gasteiger partial charge in [0.15, 0.2) is 0 Å². The van der Waals surface area contributed by atoms with Gasteiger partial charge in [0.05, 0.1) is 12.4 Å². The molecule has 0 saturated heterocycles. The molecule has 0 atom stereocenters. The second kappa shape index (κ2) is 8.31. The van der Waals surface area contributed by atoms with Gasteiger partial charge in [-0.05, 0) is 47.4 Å². The summed E-state index contributed by atoms with van der Waals surface area (Å²) in [5.41, 5.74) is 4.30. The van der Waals surface area contributed by atoms with E-state index >= 15 is 0 Å². The van der Waals surface area contributed by atoms with Gasteiger partial charge in [0, 0.05) is 31.2 Å². The van der Waals surface area contributed by atoms with Crippen LogP contribution in [0.25, 0.3) is 0 Å². The van der Waals surface area contributed by atoms with Crippen molar-refractivity contribution in [3.8, 4) is 0 Å². The molecule has 0 fully saturated rings. The van der Waals surface area contributed by atoms with Gasteiger partial charge in [0.1, 0.15) is 11.5 Å². The third-order valence-corrected chi connectivity index (χ3v) is 4.55. The second-order valence-electron chi connectivity index (χ2n) is 8.13. The standard InChI is InChI=1S/C23H27N5O/c1-23(2,3)16-6-8-18(9-7-16)27-22(29)20-14-25-21(15-24-20)26-17-10-12-19(13-11-17)28(4)5/h6-15H,1-5H3,(H,25,26)(H,27,29). The zero-order chi connectivity index (χ0) is 21.0. The molecule has 0 aliphatic heterocycles. The predicted molar refractivity (Wildman–Crippen MR) is 119 cm³/mol. The van der Waals surface area contributed by atoms with E-state index in [2.05, 4.69) is 41.4 Å². The fraction of sp³-hybridized carbons (Fsp3) is 0.261. The molecule has 6 nitrogen and oxygen atoms in total. The van der Waals surface area contributed by atoms with E-state index < -0.39 is 0 Å². The van der Waals surface area contributed by atoms with Crippen LogP contribution in [0.5, 0.6) is 0 Å². The Kier molecular flexibility index (Phi) is 5.82. The van der Waals surface area contributed by atoms with Crippen LogP contribution in [0.4, 0.5) is 22.9 Å². The minimum Gasteiger partial charge on any atom is -0.378 e. The topological polar surface area (TPSA) is 70.2 Å². The summed E-state index contributed by atoms with van der Waals surface area (Å²) in [5.74, 6) is 0.288. The number of aromatic nitrogens is 2. The molecule has 150 valence electrons. The van der Waals surface area contributed by atoms with Crippen molar-refractivity contribution < 1.29 is 4.79 Å². The smallest absolute Gasteiger partial charge is 0.275 e. The zero-order valence-corrected chi connectivity index (χ0v) is 17.5. The largest absolute Gasteiger partial charge is 0.378 e. The summed E-state index contributed by atoms with van der Waals surface area (Å²) in [6.07, 6.45) is 3.02. The van der Waals surface area contributed by atoms with E-state index in [0.717, 1.165) is 17.1 Å². The van der Waals surface area contributed by atoms with Crippen molar-refractivity contribution >= 4 is 28.8 Å². The summed E-state index contributed by atoms with van der Waals surface area (Å²) >= 11 is 0. The first-order valence-electron chi connectivity index (χ1n) is 9.51. The van der Waals surface area contributed by atoms with Gasteiger partial charge in [-0.2, -0.15) is 0 Å². The van der Waals surface area contributed by atoms with E-state index in [4.69, 9.17) is 0 Å². The van der Waals surface area contributed by atoms with Crippen LogP contribution in [-0.2, 0) is 5.41 Å². The van der Waals surface area contributed by atoms with E-state index in [1.54, 1.807) is 6.20 Å². The van der Waals surface area contributed by atoms with Gasteiger partial charge < -0.3 is 15.5 Å². The number of amides is 1. The van der Waals surface area contributed by atoms with Gasteiger partial charge in [0.2, 0.25) is 0 Å². The first-order valence-corrected chi connectivity index (χ1v) is 9.51. The fourth-order valence-electron chi connectivity index (χ4n) is 2.75. The Balaban J connectivity index is 1.62. The molecular formula is C23H27N5O. The number of nitrogens with one attached hydrogen (secondary N) is 2. The monoisotopic (exact) mass is 389 g/mol. The van der Waals surface area contributed by atoms with Gasteiger partial charge >= 0.3 is 0 Å². The zero-order valence-electron chi connectivity index (χ0n) is 17.5. The number of rotatable bonds is 5. The van der Waals surface area contributed by atoms with Gasteiger partial charge in [-0.15, -0.1) is 0 Å². The molecular weight excluding hydrogens is 362 g/mol. The number of anilines is 4. The van der Waals surface area contributed by atoms with Gasteiger partial charge in [-0.1, -0.05) is 32.9 Å². The van der Waals surface area contributed by atoms with Crippen molar-refractivity contribution in [3.63, 3.8) is 0 Å². The number of hydrogen-bond acceptors (Lipinski definition) is 5. The van der Waals surface area contributed by atoms with Crippen LogP contribution in [0.15, 0.2) is 60.9 Å². The Morgan fingerprint density at radius 1 is 0.862 bits per heavy atom. The average molecular weight is 390 g/mol. The molecule has 0 aliphatic rings. The van der Waals surface area contributed by atoms with Crippen molar-refractivity contribution in [2.24, 2.45) is 0 Å². The summed E-state index contributed by atoms with van der Waals surface area (Å²) in [6, 6.07) is 15.8. The third kappa shape index (κ3) is 5.31.